The Bertz CT molecular complexity index is 5220. The van der Waals surface area contributed by atoms with E-state index in [4.69, 9.17) is 61.1 Å². The second-order valence-electron chi connectivity index (χ2n) is 30.8. The number of aliphatic hydroxyl groups is 7. The zero-order valence-electron chi connectivity index (χ0n) is 66.1. The van der Waals surface area contributed by atoms with Gasteiger partial charge in [-0.15, -0.1) is 0 Å². The van der Waals surface area contributed by atoms with Crippen LogP contribution in [0.2, 0.25) is 10.0 Å². The first-order chi connectivity index (χ1) is 58.7. The second-order valence-corrected chi connectivity index (χ2v) is 31.6. The summed E-state index contributed by atoms with van der Waals surface area (Å²) in [4.78, 5) is 137. The number of rotatable bonds is 18. The SMILES string of the molecule is CN[C@@H]1C(=O)N[C@@H]2Cc3ccc(cc3)Oc3cc4cc(c3O[C@@H]3O[C@H](C(=O)OC)[C@@H](O)[C@H](O)[C@H]3NC(=O)CCCCCCCCC(C)C)Oc3ccc(cc3Cl)[C@@H](O)[C@@H]3NC(=O)[C@H](NC(=O)[C@@H]4NC(=O)[C@@H](NC2=O)c2cc(cc(O)c2Cl)Oc2cc1ccc2O)c1ccc(O)c(c1)-c1c(O[C@H]2O[C@H](CO)[C@@H](O)[C@H](O)[C@@H]2O)cc(O)cc1[C@H](C(=O)O)NC3=O. The van der Waals surface area contributed by atoms with Crippen LogP contribution in [-0.2, 0) is 63.8 Å². The third kappa shape index (κ3) is 19.3. The molecule has 20 N–H and O–H groups in total. The molecule has 2 fully saturated rings. The molecule has 8 aliphatic heterocycles. The van der Waals surface area contributed by atoms with Crippen LogP contribution in [0.15, 0.2) is 115 Å². The molecule has 8 aliphatic rings. The summed E-state index contributed by atoms with van der Waals surface area (Å²) in [5.41, 5.74) is -3.19. The predicted molar refractivity (Wildman–Crippen MR) is 428 cm³/mol. The Balaban J connectivity index is 1.04. The number of aliphatic hydroxyl groups excluding tert-OH is 7. The number of phenols is 4. The van der Waals surface area contributed by atoms with Gasteiger partial charge in [-0.25, -0.2) is 9.59 Å². The molecule has 7 aromatic rings. The number of unbranched alkanes of at least 4 members (excludes halogenated alkanes) is 5. The number of halogens is 2. The van der Waals surface area contributed by atoms with E-state index in [2.05, 4.69) is 56.4 Å². The van der Waals surface area contributed by atoms with E-state index in [0.29, 0.717) is 24.3 Å². The van der Waals surface area contributed by atoms with Crippen molar-refractivity contribution in [2.75, 3.05) is 20.8 Å². The van der Waals surface area contributed by atoms with Crippen molar-refractivity contribution >= 4 is 76.5 Å². The Kier molecular flexibility index (Phi) is 27.4. The van der Waals surface area contributed by atoms with Gasteiger partial charge in [-0.3, -0.25) is 33.6 Å². The lowest BCUT2D eigenvalue weighted by molar-refractivity contribution is -0.277. The third-order valence-corrected chi connectivity index (χ3v) is 22.5. The summed E-state index contributed by atoms with van der Waals surface area (Å²) in [5.74, 6) is -18.1. The van der Waals surface area contributed by atoms with E-state index < -0.39 is 271 Å². The fraction of sp³-hybridized carbons (Fsp3) is 0.393. The van der Waals surface area contributed by atoms with Gasteiger partial charge >= 0.3 is 11.9 Å². The lowest BCUT2D eigenvalue weighted by atomic mass is 9.89. The molecule has 0 radical (unpaired) electrons. The summed E-state index contributed by atoms with van der Waals surface area (Å²) in [6.07, 6.45) is -15.7. The van der Waals surface area contributed by atoms with Crippen LogP contribution in [0.4, 0.5) is 0 Å². The number of carbonyl (C=O) groups is 9. The number of aliphatic carboxylic acids is 1. The average Bonchev–Trinajstić information content (AvgIpc) is 0.759. The highest BCUT2D eigenvalue weighted by Gasteiger charge is 2.52. The van der Waals surface area contributed by atoms with Crippen molar-refractivity contribution in [2.45, 2.75) is 181 Å². The van der Waals surface area contributed by atoms with Gasteiger partial charge in [0.2, 0.25) is 59.7 Å². The molecule has 37 nitrogen and oxygen atoms in total. The maximum absolute atomic E-state index is 16.7. The quantitative estimate of drug-likeness (QED) is 0.0421. The highest BCUT2D eigenvalue weighted by molar-refractivity contribution is 6.33. The molecule has 0 aromatic heterocycles. The van der Waals surface area contributed by atoms with Crippen molar-refractivity contribution < 1.29 is 142 Å². The molecule has 0 spiro atoms. The minimum Gasteiger partial charge on any atom is -0.508 e. The normalized spacial score (nSPS) is 26.4. The van der Waals surface area contributed by atoms with E-state index in [1.54, 1.807) is 0 Å². The smallest absolute Gasteiger partial charge is 0.337 e. The van der Waals surface area contributed by atoms with Crippen molar-refractivity contribution in [3.05, 3.63) is 164 Å². The van der Waals surface area contributed by atoms with Crippen LogP contribution in [0.25, 0.3) is 11.1 Å². The van der Waals surface area contributed by atoms with Crippen molar-refractivity contribution in [3.8, 4) is 80.1 Å². The molecule has 654 valence electrons. The molecule has 18 atom stereocenters. The van der Waals surface area contributed by atoms with E-state index in [0.717, 1.165) is 112 Å². The molecule has 7 amide bonds. The predicted octanol–water partition coefficient (Wildman–Crippen LogP) is 4.27. The molecule has 17 bridgehead atoms. The van der Waals surface area contributed by atoms with Crippen molar-refractivity contribution in [1.29, 1.82) is 0 Å². The van der Waals surface area contributed by atoms with Gasteiger partial charge in [-0.05, 0) is 120 Å². The van der Waals surface area contributed by atoms with Gasteiger partial charge in [-0.1, -0.05) is 106 Å². The number of aromatic hydroxyl groups is 4. The Hall–Kier alpha value is -11.9. The number of carboxylic acid groups (broad SMARTS) is 1. The summed E-state index contributed by atoms with van der Waals surface area (Å²) in [7, 11) is 2.38. The average molecular weight is 1750 g/mol. The van der Waals surface area contributed by atoms with Gasteiger partial charge in [0.25, 0.3) is 0 Å². The zero-order chi connectivity index (χ0) is 88.3. The Morgan fingerprint density at radius 1 is 0.553 bits per heavy atom. The maximum atomic E-state index is 16.7. The highest BCUT2D eigenvalue weighted by Crippen LogP contribution is 2.50. The number of ether oxygens (including phenoxy) is 8. The largest absolute Gasteiger partial charge is 0.508 e. The van der Waals surface area contributed by atoms with E-state index in [1.165, 1.54) is 49.5 Å². The fourth-order valence-corrected chi connectivity index (χ4v) is 15.7. The van der Waals surface area contributed by atoms with E-state index in [-0.39, 0.29) is 34.8 Å². The molecule has 0 unspecified atom stereocenters. The molecule has 8 heterocycles. The number of likely N-dealkylation sites (N-methyl/N-ethyl adjacent to an activating group) is 1. The summed E-state index contributed by atoms with van der Waals surface area (Å²) in [6.45, 7) is 3.28. The molecule has 123 heavy (non-hydrogen) atoms. The Labute approximate surface area is 710 Å². The van der Waals surface area contributed by atoms with Crippen LogP contribution in [0.5, 0.6) is 69.0 Å². The van der Waals surface area contributed by atoms with Crippen LogP contribution < -0.4 is 66.2 Å². The second kappa shape index (κ2) is 37.9. The first-order valence-corrected chi connectivity index (χ1v) is 40.1. The number of carboxylic acids is 1. The Morgan fingerprint density at radius 2 is 1.20 bits per heavy atom. The first-order valence-electron chi connectivity index (χ1n) is 39.3. The molecular formula is C84H90Cl2N8O29. The molecule has 2 saturated heterocycles. The van der Waals surface area contributed by atoms with E-state index in [1.807, 2.05) is 0 Å². The first kappa shape index (κ1) is 88.9. The van der Waals surface area contributed by atoms with Crippen LogP contribution in [-0.4, -0.2) is 209 Å². The maximum Gasteiger partial charge on any atom is 0.337 e. The van der Waals surface area contributed by atoms with Gasteiger partial charge in [0.1, 0.15) is 125 Å². The number of nitrogens with one attached hydrogen (secondary N) is 8. The molecular weight excluding hydrogens is 1660 g/mol. The van der Waals surface area contributed by atoms with Crippen LogP contribution >= 0.6 is 23.2 Å². The summed E-state index contributed by atoms with van der Waals surface area (Å²) < 4.78 is 49.4. The number of hydrogen-bond acceptors (Lipinski definition) is 29. The fourth-order valence-electron chi connectivity index (χ4n) is 15.3. The van der Waals surface area contributed by atoms with Crippen molar-refractivity contribution in [3.63, 3.8) is 0 Å². The summed E-state index contributed by atoms with van der Waals surface area (Å²) in [5, 5.41) is 157. The van der Waals surface area contributed by atoms with E-state index >= 15 is 24.0 Å². The van der Waals surface area contributed by atoms with E-state index in [9.17, 15) is 80.5 Å². The van der Waals surface area contributed by atoms with Crippen LogP contribution in [0.1, 0.15) is 140 Å². The number of phenolic OH excluding ortho intramolecular Hbond substituents is 4. The minimum atomic E-state index is -2.45. The number of hydrogen-bond donors (Lipinski definition) is 20. The lowest BCUT2D eigenvalue weighted by Crippen LogP contribution is -2.66. The topological polar surface area (TPSA) is 566 Å². The number of carbonyl (C=O) groups excluding carboxylic acids is 8. The molecule has 0 saturated carbocycles. The summed E-state index contributed by atoms with van der Waals surface area (Å²) >= 11 is 14.2. The lowest BCUT2D eigenvalue weighted by Gasteiger charge is -2.41. The van der Waals surface area contributed by atoms with Crippen LogP contribution in [0, 0.1) is 5.92 Å². The molecule has 7 aromatic carbocycles. The zero-order valence-corrected chi connectivity index (χ0v) is 67.6. The number of fused-ring (bicyclic) bond motifs is 14. The monoisotopic (exact) mass is 1740 g/mol. The standard InChI is InChI=1S/C84H90Cl2N8O29/c1-34(2)11-9-7-5-6-8-10-12-57(100)89-66-69(103)71(105)74(82(115)116-4)123-83(66)122-73-54-27-39-28-55(73)119-51-22-17-38(25-46(51)85)67(101)65-80(112)93-64(81(113)114)44-29-40(96)30-53(120-84-72(106)70(104)68(102)56(33-95)121-84)58(44)43-24-36(15-20-48(43)97)61(77(109)94-65)90-78(110)62(39)91-79(111)63-45-31-42(32-50(99)59(45)86)118-52-26-37(16-21-49(52)98)60(87-3)76(108)88-47(75(107)92-63)23-35-13-18-41(117-54)19-14-35/h13-22,24-32,34,47,56,60-72,74,83-84,87,95-99,101-106H,5-12,23,33H2,1-4H3,(H,88,108)(H,89,100)(H,90,110)(H,91,111)(H,92,107)(H,93,112)(H,94,109)(H,113,114)/t47-,56-,60+,61-,62-,63+,64-,65+,66-,67-,68-,69-,70+,71+,72+,74+,83-,84+/m1/s1. The third-order valence-electron chi connectivity index (χ3n) is 21.8. The Morgan fingerprint density at radius 3 is 1.89 bits per heavy atom. The van der Waals surface area contributed by atoms with Gasteiger partial charge in [-0.2, -0.15) is 0 Å². The number of benzene rings is 7. The molecule has 0 aliphatic carbocycles. The van der Waals surface area contributed by atoms with Gasteiger partial charge in [0, 0.05) is 47.2 Å². The number of amides is 7. The minimum absolute atomic E-state index is 0.127. The van der Waals surface area contributed by atoms with Gasteiger partial charge in [0.05, 0.1) is 23.8 Å². The van der Waals surface area contributed by atoms with Crippen LogP contribution in [0.3, 0.4) is 0 Å². The van der Waals surface area contributed by atoms with Crippen molar-refractivity contribution in [1.82, 2.24) is 42.5 Å². The van der Waals surface area contributed by atoms with Gasteiger partial charge in [0.15, 0.2) is 35.1 Å². The molecule has 15 rings (SSSR count). The van der Waals surface area contributed by atoms with Crippen molar-refractivity contribution in [2.24, 2.45) is 5.92 Å². The number of methoxy groups -OCH3 is 1. The number of esters is 1. The van der Waals surface area contributed by atoms with Gasteiger partial charge < -0.3 is 142 Å². The molecule has 39 heteroatoms. The summed E-state index contributed by atoms with van der Waals surface area (Å²) in [6, 6.07) is 4.80. The highest BCUT2D eigenvalue weighted by atomic mass is 35.5.